The first-order valence-corrected chi connectivity index (χ1v) is 5.91. The van der Waals surface area contributed by atoms with Gasteiger partial charge in [-0.2, -0.15) is 0 Å². The van der Waals surface area contributed by atoms with Crippen molar-refractivity contribution in [2.45, 2.75) is 39.5 Å². The molecule has 0 spiro atoms. The van der Waals surface area contributed by atoms with Gasteiger partial charge in [-0.25, -0.2) is 0 Å². The average molecular weight is 232 g/mol. The van der Waals surface area contributed by atoms with E-state index in [2.05, 4.69) is 4.74 Å². The normalized spacial score (nSPS) is 9.73. The monoisotopic (exact) mass is 232 g/mol. The lowest BCUT2D eigenvalue weighted by molar-refractivity contribution is -0.159. The predicted octanol–water partition coefficient (Wildman–Crippen LogP) is 1.92. The van der Waals surface area contributed by atoms with Gasteiger partial charge in [-0.15, -0.1) is 0 Å². The van der Waals surface area contributed by atoms with Crippen LogP contribution in [-0.4, -0.2) is 22.8 Å². The van der Waals surface area contributed by atoms with Crippen LogP contribution >= 0.6 is 11.8 Å². The Balaban J connectivity index is 3.49. The molecule has 0 saturated carbocycles. The molecular formula is C10H16O4S. The minimum Gasteiger partial charge on any atom is -0.393 e. The van der Waals surface area contributed by atoms with Crippen molar-refractivity contribution in [1.82, 2.24) is 0 Å². The van der Waals surface area contributed by atoms with Gasteiger partial charge >= 0.3 is 11.9 Å². The lowest BCUT2D eigenvalue weighted by atomic mass is 10.3. The summed E-state index contributed by atoms with van der Waals surface area (Å²) in [6.45, 7) is 3.32. The zero-order chi connectivity index (χ0) is 11.7. The van der Waals surface area contributed by atoms with Crippen molar-refractivity contribution >= 4 is 28.8 Å². The molecule has 86 valence electrons. The highest BCUT2D eigenvalue weighted by molar-refractivity contribution is 8.13. The number of carbonyl (C=O) groups is 3. The van der Waals surface area contributed by atoms with Crippen LogP contribution in [-0.2, 0) is 19.1 Å². The van der Waals surface area contributed by atoms with E-state index in [0.29, 0.717) is 18.6 Å². The number of thioether (sulfide) groups is 1. The SMILES string of the molecule is CCCC(=O)OC(=O)CCCSC(C)=O. The van der Waals surface area contributed by atoms with E-state index in [1.807, 2.05) is 6.92 Å². The second kappa shape index (κ2) is 8.47. The van der Waals surface area contributed by atoms with Crippen LogP contribution in [0.3, 0.4) is 0 Å². The van der Waals surface area contributed by atoms with Crippen LogP contribution in [0.5, 0.6) is 0 Å². The van der Waals surface area contributed by atoms with Crippen molar-refractivity contribution in [2.75, 3.05) is 5.75 Å². The second-order valence-corrected chi connectivity index (χ2v) is 4.31. The first-order chi connectivity index (χ1) is 7.06. The second-order valence-electron chi connectivity index (χ2n) is 3.04. The molecule has 5 heteroatoms. The molecule has 0 aromatic heterocycles. The van der Waals surface area contributed by atoms with Crippen LogP contribution in [0.25, 0.3) is 0 Å². The summed E-state index contributed by atoms with van der Waals surface area (Å²) < 4.78 is 4.53. The van der Waals surface area contributed by atoms with Crippen LogP contribution in [0.1, 0.15) is 39.5 Å². The smallest absolute Gasteiger partial charge is 0.313 e. The Morgan fingerprint density at radius 3 is 2.27 bits per heavy atom. The van der Waals surface area contributed by atoms with E-state index in [4.69, 9.17) is 0 Å². The standard InChI is InChI=1S/C10H16O4S/c1-3-5-9(12)14-10(13)6-4-7-15-8(2)11/h3-7H2,1-2H3. The molecule has 0 aliphatic heterocycles. The van der Waals surface area contributed by atoms with E-state index < -0.39 is 11.9 Å². The van der Waals surface area contributed by atoms with E-state index in [1.165, 1.54) is 18.7 Å². The van der Waals surface area contributed by atoms with Gasteiger partial charge in [-0.1, -0.05) is 18.7 Å². The zero-order valence-corrected chi connectivity index (χ0v) is 9.89. The fourth-order valence-electron chi connectivity index (χ4n) is 0.866. The highest BCUT2D eigenvalue weighted by Crippen LogP contribution is 2.06. The van der Waals surface area contributed by atoms with Crippen LogP contribution in [0.2, 0.25) is 0 Å². The molecule has 0 radical (unpaired) electrons. The largest absolute Gasteiger partial charge is 0.393 e. The van der Waals surface area contributed by atoms with Gasteiger partial charge in [-0.3, -0.25) is 14.4 Å². The summed E-state index contributed by atoms with van der Waals surface area (Å²) in [5.74, 6) is -0.383. The van der Waals surface area contributed by atoms with Crippen molar-refractivity contribution in [3.63, 3.8) is 0 Å². The summed E-state index contributed by atoms with van der Waals surface area (Å²) >= 11 is 1.17. The summed E-state index contributed by atoms with van der Waals surface area (Å²) in [5, 5.41) is 0.0328. The highest BCUT2D eigenvalue weighted by Gasteiger charge is 2.08. The molecule has 4 nitrogen and oxygen atoms in total. The van der Waals surface area contributed by atoms with Crippen molar-refractivity contribution < 1.29 is 19.1 Å². The topological polar surface area (TPSA) is 60.4 Å². The third-order valence-corrected chi connectivity index (χ3v) is 2.41. The van der Waals surface area contributed by atoms with E-state index >= 15 is 0 Å². The molecule has 0 amide bonds. The summed E-state index contributed by atoms with van der Waals surface area (Å²) in [5.41, 5.74) is 0. The van der Waals surface area contributed by atoms with Crippen LogP contribution in [0, 0.1) is 0 Å². The Hall–Kier alpha value is -0.840. The van der Waals surface area contributed by atoms with Gasteiger partial charge in [0.05, 0.1) is 0 Å². The maximum Gasteiger partial charge on any atom is 0.313 e. The molecule has 0 rings (SSSR count). The maximum atomic E-state index is 11.0. The third kappa shape index (κ3) is 9.46. The van der Waals surface area contributed by atoms with E-state index in [1.54, 1.807) is 0 Å². The number of rotatable bonds is 6. The van der Waals surface area contributed by atoms with Gasteiger partial charge in [0.1, 0.15) is 0 Å². The van der Waals surface area contributed by atoms with Gasteiger partial charge in [0.2, 0.25) is 0 Å². The summed E-state index contributed by atoms with van der Waals surface area (Å²) in [7, 11) is 0. The molecular weight excluding hydrogens is 216 g/mol. The molecule has 0 aliphatic carbocycles. The van der Waals surface area contributed by atoms with Gasteiger partial charge < -0.3 is 4.74 Å². The highest BCUT2D eigenvalue weighted by atomic mass is 32.2. The Morgan fingerprint density at radius 1 is 1.13 bits per heavy atom. The molecule has 0 fully saturated rings. The first-order valence-electron chi connectivity index (χ1n) is 4.93. The molecule has 0 aromatic carbocycles. The van der Waals surface area contributed by atoms with Crippen LogP contribution in [0.4, 0.5) is 0 Å². The van der Waals surface area contributed by atoms with Gasteiger partial charge in [0, 0.05) is 25.5 Å². The molecule has 0 atom stereocenters. The first kappa shape index (κ1) is 14.2. The number of ether oxygens (including phenoxy) is 1. The third-order valence-electron chi connectivity index (χ3n) is 1.51. The van der Waals surface area contributed by atoms with Crippen molar-refractivity contribution in [1.29, 1.82) is 0 Å². The summed E-state index contributed by atoms with van der Waals surface area (Å²) in [6, 6.07) is 0. The molecule has 15 heavy (non-hydrogen) atoms. The van der Waals surface area contributed by atoms with E-state index in [-0.39, 0.29) is 18.0 Å². The van der Waals surface area contributed by atoms with Crippen LogP contribution in [0.15, 0.2) is 0 Å². The molecule has 0 aliphatic rings. The molecule has 0 saturated heterocycles. The molecule has 0 unspecified atom stereocenters. The minimum absolute atomic E-state index is 0.0328. The molecule has 0 aromatic rings. The Bertz CT molecular complexity index is 238. The lowest BCUT2D eigenvalue weighted by Crippen LogP contribution is -2.11. The minimum atomic E-state index is -0.502. The van der Waals surface area contributed by atoms with Crippen LogP contribution < -0.4 is 0 Å². The molecule has 0 N–H and O–H groups in total. The number of carbonyl (C=O) groups excluding carboxylic acids is 3. The van der Waals surface area contributed by atoms with Gasteiger partial charge in [0.25, 0.3) is 0 Å². The maximum absolute atomic E-state index is 11.0. The van der Waals surface area contributed by atoms with Crippen molar-refractivity contribution in [3.05, 3.63) is 0 Å². The number of hydrogen-bond acceptors (Lipinski definition) is 5. The van der Waals surface area contributed by atoms with Gasteiger partial charge in [-0.05, 0) is 12.8 Å². The number of hydrogen-bond donors (Lipinski definition) is 0. The predicted molar refractivity (Wildman–Crippen MR) is 58.4 cm³/mol. The zero-order valence-electron chi connectivity index (χ0n) is 9.08. The summed E-state index contributed by atoms with van der Waals surface area (Å²) in [4.78, 5) is 32.5. The van der Waals surface area contributed by atoms with Crippen molar-refractivity contribution in [3.8, 4) is 0 Å². The Morgan fingerprint density at radius 2 is 1.73 bits per heavy atom. The van der Waals surface area contributed by atoms with Crippen molar-refractivity contribution in [2.24, 2.45) is 0 Å². The number of esters is 2. The van der Waals surface area contributed by atoms with Gasteiger partial charge in [0.15, 0.2) is 5.12 Å². The molecule has 0 heterocycles. The van der Waals surface area contributed by atoms with E-state index in [0.717, 1.165) is 0 Å². The Kier molecular flexibility index (Phi) is 7.99. The van der Waals surface area contributed by atoms with E-state index in [9.17, 15) is 14.4 Å². The quantitative estimate of drug-likeness (QED) is 0.398. The lowest BCUT2D eigenvalue weighted by Gasteiger charge is -2.01. The summed E-state index contributed by atoms with van der Waals surface area (Å²) in [6.07, 6.45) is 1.69. The fourth-order valence-corrected chi connectivity index (χ4v) is 1.44. The molecule has 0 bridgehead atoms. The fraction of sp³-hybridized carbons (Fsp3) is 0.700. The Labute approximate surface area is 93.7 Å². The average Bonchev–Trinajstić information content (AvgIpc) is 2.12.